The average molecular weight is 675 g/mol. The molecular weight excluding hydrogens is 614 g/mol. The molecule has 0 aliphatic carbocycles. The van der Waals surface area contributed by atoms with Crippen LogP contribution in [0.4, 0.5) is 4.79 Å². The van der Waals surface area contributed by atoms with Crippen LogP contribution in [0.1, 0.15) is 99.6 Å². The Morgan fingerprint density at radius 1 is 0.976 bits per heavy atom. The number of halogens is 1. The minimum atomic E-state index is -2.53. The first-order chi connectivity index (χ1) is 18.2. The zero-order valence-electron chi connectivity index (χ0n) is 28.8. The third kappa shape index (κ3) is 11.6. The standard InChI is InChI=1S/C32H60BrNO5Si2/c1-29(2,3)34(28(35)39-30(4,5)6)22-26(21-32(10,11)40(12,13)36)24-16-17-27(37-19-18-33)25(20-24)23-38-41(14,15)31(7,8)9/h16-17,20,26,36H,18-19,21-23H2,1-15H3. The van der Waals surface area contributed by atoms with Gasteiger partial charge in [0.05, 0.1) is 13.2 Å². The lowest BCUT2D eigenvalue weighted by molar-refractivity contribution is 0.00397. The van der Waals surface area contributed by atoms with Crippen LogP contribution in [-0.4, -0.2) is 62.0 Å². The molecule has 0 aromatic heterocycles. The lowest BCUT2D eigenvalue weighted by atomic mass is 9.87. The number of nitrogens with zero attached hydrogens (tertiary/aromatic N) is 1. The van der Waals surface area contributed by atoms with Crippen molar-refractivity contribution in [2.45, 2.75) is 143 Å². The zero-order valence-corrected chi connectivity index (χ0v) is 32.3. The molecule has 1 rings (SSSR count). The van der Waals surface area contributed by atoms with Crippen molar-refractivity contribution in [3.8, 4) is 5.75 Å². The summed E-state index contributed by atoms with van der Waals surface area (Å²) in [6.07, 6.45) is 0.398. The molecule has 1 aromatic carbocycles. The van der Waals surface area contributed by atoms with Crippen molar-refractivity contribution < 1.29 is 23.5 Å². The number of benzene rings is 1. The van der Waals surface area contributed by atoms with E-state index >= 15 is 0 Å². The van der Waals surface area contributed by atoms with Gasteiger partial charge in [-0.1, -0.05) is 56.6 Å². The van der Waals surface area contributed by atoms with Gasteiger partial charge in [-0.3, -0.25) is 0 Å². The zero-order chi connectivity index (χ0) is 32.2. The van der Waals surface area contributed by atoms with E-state index in [-0.39, 0.29) is 22.1 Å². The Labute approximate surface area is 262 Å². The molecule has 1 unspecified atom stereocenters. The van der Waals surface area contributed by atoms with Crippen molar-refractivity contribution >= 4 is 38.7 Å². The van der Waals surface area contributed by atoms with E-state index < -0.39 is 27.8 Å². The summed E-state index contributed by atoms with van der Waals surface area (Å²) in [6.45, 7) is 32.8. The number of hydrogen-bond acceptors (Lipinski definition) is 5. The molecule has 0 aliphatic heterocycles. The normalized spacial score (nSPS) is 14.6. The molecule has 1 atom stereocenters. The predicted octanol–water partition coefficient (Wildman–Crippen LogP) is 9.47. The lowest BCUT2D eigenvalue weighted by Gasteiger charge is -2.42. The van der Waals surface area contributed by atoms with Crippen molar-refractivity contribution in [3.63, 3.8) is 0 Å². The summed E-state index contributed by atoms with van der Waals surface area (Å²) in [5.41, 5.74) is 1.06. The van der Waals surface area contributed by atoms with Crippen LogP contribution in [0, 0.1) is 0 Å². The SMILES string of the molecule is CC(C)(C)OC(=O)N(CC(CC(C)(C)[Si](C)(C)O)c1ccc(OCCBr)c(CO[Si](C)(C)C(C)(C)C)c1)C(C)(C)C. The van der Waals surface area contributed by atoms with Crippen molar-refractivity contribution in [3.05, 3.63) is 29.3 Å². The van der Waals surface area contributed by atoms with Gasteiger partial charge in [0, 0.05) is 28.9 Å². The maximum atomic E-state index is 13.5. The Kier molecular flexibility index (Phi) is 12.9. The van der Waals surface area contributed by atoms with E-state index in [9.17, 15) is 9.59 Å². The van der Waals surface area contributed by atoms with Crippen LogP contribution < -0.4 is 4.74 Å². The molecule has 1 N–H and O–H groups in total. The Bertz CT molecular complexity index is 1000. The maximum Gasteiger partial charge on any atom is 0.410 e. The molecule has 41 heavy (non-hydrogen) atoms. The highest BCUT2D eigenvalue weighted by molar-refractivity contribution is 9.09. The van der Waals surface area contributed by atoms with Gasteiger partial charge >= 0.3 is 6.09 Å². The first kappa shape index (κ1) is 38.1. The van der Waals surface area contributed by atoms with Crippen LogP contribution in [-0.2, 0) is 15.8 Å². The fourth-order valence-corrected chi connectivity index (χ4v) is 5.90. The average Bonchev–Trinajstić information content (AvgIpc) is 2.75. The van der Waals surface area contributed by atoms with Gasteiger partial charge in [0.15, 0.2) is 16.6 Å². The molecule has 1 aromatic rings. The monoisotopic (exact) mass is 673 g/mol. The van der Waals surface area contributed by atoms with E-state index in [2.05, 4.69) is 75.8 Å². The van der Waals surface area contributed by atoms with Crippen LogP contribution >= 0.6 is 15.9 Å². The second kappa shape index (κ2) is 13.8. The smallest absolute Gasteiger partial charge is 0.410 e. The largest absolute Gasteiger partial charge is 0.492 e. The van der Waals surface area contributed by atoms with Gasteiger partial charge in [-0.2, -0.15) is 0 Å². The number of ether oxygens (including phenoxy) is 2. The second-order valence-corrected chi connectivity index (χ2v) is 26.1. The summed E-state index contributed by atoms with van der Waals surface area (Å²) < 4.78 is 18.6. The fourth-order valence-electron chi connectivity index (χ4n) is 4.04. The first-order valence-electron chi connectivity index (χ1n) is 14.9. The van der Waals surface area contributed by atoms with Crippen molar-refractivity contribution in [1.82, 2.24) is 4.90 Å². The van der Waals surface area contributed by atoms with Gasteiger partial charge in [0.2, 0.25) is 0 Å². The summed E-state index contributed by atoms with van der Waals surface area (Å²) in [6, 6.07) is 6.35. The Morgan fingerprint density at radius 2 is 1.54 bits per heavy atom. The van der Waals surface area contributed by atoms with E-state index in [1.165, 1.54) is 0 Å². The van der Waals surface area contributed by atoms with Crippen molar-refractivity contribution in [1.29, 1.82) is 0 Å². The first-order valence-corrected chi connectivity index (χ1v) is 21.9. The molecule has 0 spiro atoms. The van der Waals surface area contributed by atoms with E-state index in [0.717, 1.165) is 28.6 Å². The number of carbonyl (C=O) groups excluding carboxylic acids is 1. The molecule has 1 amide bonds. The number of carbonyl (C=O) groups is 1. The Hall–Kier alpha value is -0.876. The third-order valence-corrected chi connectivity index (χ3v) is 16.8. The molecule has 0 bridgehead atoms. The molecule has 6 nitrogen and oxygen atoms in total. The summed E-state index contributed by atoms with van der Waals surface area (Å²) >= 11 is 3.48. The lowest BCUT2D eigenvalue weighted by Crippen LogP contribution is -2.50. The molecule has 238 valence electrons. The van der Waals surface area contributed by atoms with E-state index in [1.807, 2.05) is 65.6 Å². The highest BCUT2D eigenvalue weighted by Gasteiger charge is 2.42. The molecule has 9 heteroatoms. The third-order valence-electron chi connectivity index (χ3n) is 8.52. The van der Waals surface area contributed by atoms with Gasteiger partial charge in [0.25, 0.3) is 0 Å². The van der Waals surface area contributed by atoms with Crippen LogP contribution in [0.25, 0.3) is 0 Å². The number of hydrogen-bond donors (Lipinski definition) is 1. The number of alkyl halides is 1. The molecule has 0 heterocycles. The minimum Gasteiger partial charge on any atom is -0.492 e. The predicted molar refractivity (Wildman–Crippen MR) is 182 cm³/mol. The van der Waals surface area contributed by atoms with Gasteiger partial charge in [-0.15, -0.1) is 0 Å². The van der Waals surface area contributed by atoms with E-state index in [4.69, 9.17) is 13.9 Å². The van der Waals surface area contributed by atoms with Gasteiger partial charge < -0.3 is 23.6 Å². The summed E-state index contributed by atoms with van der Waals surface area (Å²) in [7, 11) is -4.53. The molecule has 0 fully saturated rings. The van der Waals surface area contributed by atoms with Gasteiger partial charge in [0.1, 0.15) is 11.4 Å². The van der Waals surface area contributed by atoms with E-state index in [0.29, 0.717) is 19.8 Å². The fraction of sp³-hybridized carbons (Fsp3) is 0.781. The Morgan fingerprint density at radius 3 is 1.98 bits per heavy atom. The maximum absolute atomic E-state index is 13.5. The Balaban J connectivity index is 3.68. The molecule has 0 saturated carbocycles. The van der Waals surface area contributed by atoms with Crippen molar-refractivity contribution in [2.24, 2.45) is 0 Å². The van der Waals surface area contributed by atoms with E-state index in [1.54, 1.807) is 0 Å². The number of amides is 1. The molecule has 0 saturated heterocycles. The van der Waals surface area contributed by atoms with Crippen LogP contribution in [0.5, 0.6) is 5.75 Å². The highest BCUT2D eigenvalue weighted by Crippen LogP contribution is 2.45. The molecule has 0 radical (unpaired) electrons. The molecular formula is C32H60BrNO5Si2. The van der Waals surface area contributed by atoms with Crippen LogP contribution in [0.15, 0.2) is 18.2 Å². The quantitative estimate of drug-likeness (QED) is 0.177. The summed E-state index contributed by atoms with van der Waals surface area (Å²) in [5, 5.41) is 0.533. The van der Waals surface area contributed by atoms with Crippen molar-refractivity contribution in [2.75, 3.05) is 18.5 Å². The van der Waals surface area contributed by atoms with Crippen LogP contribution in [0.2, 0.25) is 36.3 Å². The second-order valence-electron chi connectivity index (χ2n) is 16.1. The topological polar surface area (TPSA) is 68.2 Å². The summed E-state index contributed by atoms with van der Waals surface area (Å²) in [4.78, 5) is 26.6. The van der Waals surface area contributed by atoms with Gasteiger partial charge in [-0.05, 0) is 102 Å². The summed E-state index contributed by atoms with van der Waals surface area (Å²) in [5.74, 6) is 0.786. The minimum absolute atomic E-state index is 0.0347. The highest BCUT2D eigenvalue weighted by atomic mass is 79.9. The number of rotatable bonds is 12. The molecule has 0 aliphatic rings. The van der Waals surface area contributed by atoms with Crippen LogP contribution in [0.3, 0.4) is 0 Å². The van der Waals surface area contributed by atoms with Gasteiger partial charge in [-0.25, -0.2) is 4.79 Å².